The number of ether oxygens (including phenoxy) is 1. The molecule has 0 spiro atoms. The van der Waals surface area contributed by atoms with Crippen LogP contribution < -0.4 is 0 Å². The lowest BCUT2D eigenvalue weighted by atomic mass is 10.2. The molecule has 0 fully saturated rings. The van der Waals surface area contributed by atoms with Crippen molar-refractivity contribution in [3.05, 3.63) is 35.3 Å². The van der Waals surface area contributed by atoms with Gasteiger partial charge in [-0.2, -0.15) is 24.9 Å². The number of aromatic nitrogens is 2. The van der Waals surface area contributed by atoms with Gasteiger partial charge in [0.2, 0.25) is 0 Å². The van der Waals surface area contributed by atoms with E-state index in [4.69, 9.17) is 10.00 Å². The Labute approximate surface area is 131 Å². The molecule has 0 N–H and O–H groups in total. The third-order valence-electron chi connectivity index (χ3n) is 3.43. The van der Waals surface area contributed by atoms with Crippen LogP contribution in [0.2, 0.25) is 25.7 Å². The van der Waals surface area contributed by atoms with Crippen LogP contribution in [0, 0.1) is 11.3 Å². The standard InChI is InChI=1S/C16H21N3O2Si/c1-5-13-15(16(20)21-8-9-22(2,3)4)19-11-12(10-17)6-7-14(19)18-13/h6-7,11H,5,8-9H2,1-4H3/q-1. The number of fused-ring (bicyclic) bond motifs is 1. The Morgan fingerprint density at radius 2 is 2.14 bits per heavy atom. The summed E-state index contributed by atoms with van der Waals surface area (Å²) in [7, 11) is -1.24. The zero-order valence-corrected chi connectivity index (χ0v) is 14.5. The lowest BCUT2D eigenvalue weighted by Gasteiger charge is -2.26. The van der Waals surface area contributed by atoms with E-state index in [1.54, 1.807) is 22.7 Å². The van der Waals surface area contributed by atoms with E-state index in [-0.39, 0.29) is 5.97 Å². The molecule has 0 atom stereocenters. The van der Waals surface area contributed by atoms with Gasteiger partial charge < -0.3 is 4.74 Å². The fourth-order valence-corrected chi connectivity index (χ4v) is 2.85. The van der Waals surface area contributed by atoms with Crippen molar-refractivity contribution in [2.45, 2.75) is 39.0 Å². The number of hydrogen-bond donors (Lipinski definition) is 0. The molecule has 2 heterocycles. The summed E-state index contributed by atoms with van der Waals surface area (Å²) in [6, 6.07) is 6.45. The highest BCUT2D eigenvalue weighted by atomic mass is 28.3. The molecule has 0 aliphatic carbocycles. The number of pyridine rings is 1. The molecule has 0 saturated heterocycles. The number of aryl methyl sites for hydroxylation is 1. The lowest BCUT2D eigenvalue weighted by molar-refractivity contribution is 0.0516. The average Bonchev–Trinajstić information content (AvgIpc) is 2.83. The fourth-order valence-electron chi connectivity index (χ4n) is 2.14. The molecule has 2 rings (SSSR count). The van der Waals surface area contributed by atoms with Gasteiger partial charge >= 0.3 is 5.97 Å². The highest BCUT2D eigenvalue weighted by Gasteiger charge is 2.20. The van der Waals surface area contributed by atoms with Crippen molar-refractivity contribution in [3.8, 4) is 6.07 Å². The topological polar surface area (TPSA) is 67.4 Å². The number of imidazole rings is 1. The largest absolute Gasteiger partial charge is 0.464 e. The molecule has 0 radical (unpaired) electrons. The Hall–Kier alpha value is -2.13. The first-order valence-electron chi connectivity index (χ1n) is 7.44. The van der Waals surface area contributed by atoms with Crippen LogP contribution in [0.4, 0.5) is 0 Å². The summed E-state index contributed by atoms with van der Waals surface area (Å²) in [5.41, 5.74) is 2.29. The van der Waals surface area contributed by atoms with Gasteiger partial charge in [-0.3, -0.25) is 4.40 Å². The van der Waals surface area contributed by atoms with E-state index in [0.29, 0.717) is 35.6 Å². The molecule has 22 heavy (non-hydrogen) atoms. The Morgan fingerprint density at radius 1 is 1.41 bits per heavy atom. The highest BCUT2D eigenvalue weighted by Crippen LogP contribution is 2.17. The van der Waals surface area contributed by atoms with Crippen molar-refractivity contribution < 1.29 is 9.53 Å². The molecule has 0 saturated carbocycles. The van der Waals surface area contributed by atoms with Gasteiger partial charge in [0.1, 0.15) is 11.7 Å². The fraction of sp³-hybridized carbons (Fsp3) is 0.438. The molecular formula is C16H21N3O2Si-. The highest BCUT2D eigenvalue weighted by molar-refractivity contribution is 6.76. The molecule has 5 nitrogen and oxygen atoms in total. The van der Waals surface area contributed by atoms with E-state index in [2.05, 4.69) is 30.7 Å². The number of nitrogens with zero attached hydrogens (tertiary/aromatic N) is 3. The van der Waals surface area contributed by atoms with E-state index < -0.39 is 8.07 Å². The molecule has 0 unspecified atom stereocenters. The van der Waals surface area contributed by atoms with Crippen molar-refractivity contribution in [1.29, 1.82) is 5.26 Å². The van der Waals surface area contributed by atoms with Gasteiger partial charge in [0.25, 0.3) is 0 Å². The molecular weight excluding hydrogens is 294 g/mol. The first-order chi connectivity index (χ1) is 10.4. The van der Waals surface area contributed by atoms with Crippen LogP contribution in [0.25, 0.3) is 5.65 Å². The number of esters is 1. The van der Waals surface area contributed by atoms with Gasteiger partial charge in [-0.1, -0.05) is 6.92 Å². The first-order valence-corrected chi connectivity index (χ1v) is 11.1. The first kappa shape index (κ1) is 16.2. The van der Waals surface area contributed by atoms with Gasteiger partial charge in [0, 0.05) is 6.20 Å². The average molecular weight is 315 g/mol. The maximum absolute atomic E-state index is 12.4. The minimum absolute atomic E-state index is 0.363. The smallest absolute Gasteiger partial charge is 0.357 e. The third-order valence-corrected chi connectivity index (χ3v) is 5.14. The second kappa shape index (κ2) is 6.32. The van der Waals surface area contributed by atoms with Gasteiger partial charge in [-0.15, -0.1) is 14.1 Å². The summed E-state index contributed by atoms with van der Waals surface area (Å²) in [5, 5.41) is 9.03. The molecule has 6 heteroatoms. The van der Waals surface area contributed by atoms with E-state index >= 15 is 0 Å². The van der Waals surface area contributed by atoms with Crippen molar-refractivity contribution in [1.82, 2.24) is 9.38 Å². The molecule has 0 amide bonds. The number of carbonyl (C=O) groups excluding carboxylic acids is 1. The van der Waals surface area contributed by atoms with E-state index in [1.807, 2.05) is 6.92 Å². The Balaban J connectivity index is 2.32. The van der Waals surface area contributed by atoms with Crippen LogP contribution >= 0.6 is 0 Å². The van der Waals surface area contributed by atoms with Crippen molar-refractivity contribution in [3.63, 3.8) is 0 Å². The number of nitriles is 1. The second-order valence-corrected chi connectivity index (χ2v) is 12.1. The minimum Gasteiger partial charge on any atom is -0.464 e. The predicted molar refractivity (Wildman–Crippen MR) is 87.7 cm³/mol. The lowest BCUT2D eigenvalue weighted by Crippen LogP contribution is -2.23. The Morgan fingerprint density at radius 3 is 2.73 bits per heavy atom. The molecule has 0 aromatic carbocycles. The van der Waals surface area contributed by atoms with Crippen LogP contribution in [-0.4, -0.2) is 30.0 Å². The van der Waals surface area contributed by atoms with Gasteiger partial charge in [0.05, 0.1) is 17.9 Å². The molecule has 2 aromatic rings. The van der Waals surface area contributed by atoms with Crippen molar-refractivity contribution >= 4 is 19.7 Å². The minimum atomic E-state index is -1.24. The summed E-state index contributed by atoms with van der Waals surface area (Å²) in [5.74, 6) is -0.363. The van der Waals surface area contributed by atoms with Crippen LogP contribution in [0.15, 0.2) is 18.3 Å². The van der Waals surface area contributed by atoms with E-state index in [9.17, 15) is 4.79 Å². The summed E-state index contributed by atoms with van der Waals surface area (Å²) in [6.45, 7) is 9.11. The van der Waals surface area contributed by atoms with Gasteiger partial charge in [-0.25, -0.2) is 9.78 Å². The van der Waals surface area contributed by atoms with E-state index in [0.717, 1.165) is 6.04 Å². The summed E-state index contributed by atoms with van der Waals surface area (Å²) < 4.78 is 7.10. The Bertz CT molecular complexity index is 738. The zero-order valence-electron chi connectivity index (χ0n) is 13.5. The normalized spacial score (nSPS) is 11.4. The third kappa shape index (κ3) is 3.54. The van der Waals surface area contributed by atoms with Crippen LogP contribution in [-0.2, 0) is 11.2 Å². The maximum Gasteiger partial charge on any atom is 0.357 e. The van der Waals surface area contributed by atoms with E-state index in [1.165, 1.54) is 0 Å². The molecule has 0 aliphatic heterocycles. The summed E-state index contributed by atoms with van der Waals surface area (Å²) in [4.78, 5) is 16.9. The van der Waals surface area contributed by atoms with Crippen LogP contribution in [0.3, 0.4) is 0 Å². The van der Waals surface area contributed by atoms with Gasteiger partial charge in [0.15, 0.2) is 5.69 Å². The predicted octanol–water partition coefficient (Wildman–Crippen LogP) is 3.26. The van der Waals surface area contributed by atoms with Crippen molar-refractivity contribution in [2.75, 3.05) is 6.61 Å². The Kier molecular flexibility index (Phi) is 4.67. The summed E-state index contributed by atoms with van der Waals surface area (Å²) in [6.07, 6.45) is 2.28. The van der Waals surface area contributed by atoms with Crippen molar-refractivity contribution in [2.24, 2.45) is 0 Å². The zero-order chi connectivity index (χ0) is 16.3. The maximum atomic E-state index is 12.4. The van der Waals surface area contributed by atoms with Crippen LogP contribution in [0.1, 0.15) is 28.7 Å². The quantitative estimate of drug-likeness (QED) is 0.627. The monoisotopic (exact) mass is 315 g/mol. The molecule has 0 bridgehead atoms. The second-order valence-electron chi connectivity index (χ2n) is 6.47. The molecule has 117 valence electrons. The van der Waals surface area contributed by atoms with Gasteiger partial charge in [-0.05, 0) is 18.6 Å². The number of hydrogen-bond acceptors (Lipinski definition) is 4. The number of rotatable bonds is 5. The molecule has 2 aromatic heterocycles. The summed E-state index contributed by atoms with van der Waals surface area (Å²) >= 11 is 0. The molecule has 0 aliphatic rings. The number of carbonyl (C=O) groups is 1. The SMILES string of the molecule is CCc1nc2ccc(C#N)cn2c1C(=O)OCC[Si-](C)(C)C. The van der Waals surface area contributed by atoms with Crippen LogP contribution in [0.5, 0.6) is 0 Å².